The Morgan fingerprint density at radius 2 is 2.00 bits per heavy atom. The van der Waals surface area contributed by atoms with E-state index in [0.29, 0.717) is 6.04 Å². The highest BCUT2D eigenvalue weighted by atomic mass is 35.5. The summed E-state index contributed by atoms with van der Waals surface area (Å²) in [6.07, 6.45) is 3.20. The molecule has 0 radical (unpaired) electrons. The van der Waals surface area contributed by atoms with E-state index < -0.39 is 0 Å². The molecule has 78 valence electrons. The van der Waals surface area contributed by atoms with E-state index in [2.05, 4.69) is 12.3 Å². The van der Waals surface area contributed by atoms with Crippen LogP contribution in [-0.2, 0) is 6.42 Å². The van der Waals surface area contributed by atoms with Gasteiger partial charge in [0.15, 0.2) is 0 Å². The summed E-state index contributed by atoms with van der Waals surface area (Å²) in [7, 11) is 0. The molecule has 3 heteroatoms. The zero-order valence-corrected chi connectivity index (χ0v) is 9.22. The van der Waals surface area contributed by atoms with Crippen molar-refractivity contribution in [1.29, 1.82) is 0 Å². The molecule has 1 unspecified atom stereocenters. The van der Waals surface area contributed by atoms with Gasteiger partial charge in [-0.3, -0.25) is 11.3 Å². The lowest BCUT2D eigenvalue weighted by atomic mass is 10.0. The van der Waals surface area contributed by atoms with Crippen LogP contribution < -0.4 is 11.3 Å². The molecule has 0 amide bonds. The molecule has 1 aromatic rings. The minimum Gasteiger partial charge on any atom is -0.271 e. The zero-order valence-electron chi connectivity index (χ0n) is 8.46. The van der Waals surface area contributed by atoms with Gasteiger partial charge in [-0.05, 0) is 30.5 Å². The molecular formula is C11H17ClN2. The normalized spacial score (nSPS) is 12.8. The van der Waals surface area contributed by atoms with Crippen molar-refractivity contribution in [2.24, 2.45) is 5.84 Å². The molecule has 1 atom stereocenters. The van der Waals surface area contributed by atoms with Crippen molar-refractivity contribution in [3.05, 3.63) is 34.9 Å². The average Bonchev–Trinajstić information content (AvgIpc) is 2.20. The molecule has 14 heavy (non-hydrogen) atoms. The Morgan fingerprint density at radius 3 is 2.50 bits per heavy atom. The van der Waals surface area contributed by atoms with Gasteiger partial charge in [0.25, 0.3) is 0 Å². The lowest BCUT2D eigenvalue weighted by molar-refractivity contribution is 0.486. The summed E-state index contributed by atoms with van der Waals surface area (Å²) in [5.74, 6) is 5.46. The van der Waals surface area contributed by atoms with E-state index in [9.17, 15) is 0 Å². The predicted octanol–water partition coefficient (Wildman–Crippen LogP) is 2.51. The monoisotopic (exact) mass is 212 g/mol. The van der Waals surface area contributed by atoms with Crippen molar-refractivity contribution >= 4 is 11.6 Å². The third-order valence-corrected chi connectivity index (χ3v) is 2.52. The molecular weight excluding hydrogens is 196 g/mol. The maximum Gasteiger partial charge on any atom is 0.0406 e. The second-order valence-corrected chi connectivity index (χ2v) is 3.92. The molecule has 0 aliphatic heterocycles. The summed E-state index contributed by atoms with van der Waals surface area (Å²) >= 11 is 5.80. The third-order valence-electron chi connectivity index (χ3n) is 2.27. The van der Waals surface area contributed by atoms with Gasteiger partial charge in [-0.25, -0.2) is 0 Å². The quantitative estimate of drug-likeness (QED) is 0.582. The zero-order chi connectivity index (χ0) is 10.4. The summed E-state index contributed by atoms with van der Waals surface area (Å²) in [6, 6.07) is 8.28. The van der Waals surface area contributed by atoms with Gasteiger partial charge in [0, 0.05) is 11.1 Å². The molecule has 1 rings (SSSR count). The van der Waals surface area contributed by atoms with Crippen molar-refractivity contribution in [1.82, 2.24) is 5.43 Å². The number of rotatable bonds is 5. The molecule has 0 aliphatic rings. The fourth-order valence-corrected chi connectivity index (χ4v) is 1.62. The first kappa shape index (κ1) is 11.5. The van der Waals surface area contributed by atoms with E-state index in [1.54, 1.807) is 0 Å². The van der Waals surface area contributed by atoms with Crippen molar-refractivity contribution in [2.75, 3.05) is 0 Å². The third kappa shape index (κ3) is 3.66. The van der Waals surface area contributed by atoms with Crippen LogP contribution in [0.3, 0.4) is 0 Å². The number of nitrogens with one attached hydrogen (secondary N) is 1. The molecule has 0 fully saturated rings. The van der Waals surface area contributed by atoms with Crippen LogP contribution >= 0.6 is 11.6 Å². The summed E-state index contributed by atoms with van der Waals surface area (Å²) in [5.41, 5.74) is 4.10. The second-order valence-electron chi connectivity index (χ2n) is 3.48. The minimum atomic E-state index is 0.362. The summed E-state index contributed by atoms with van der Waals surface area (Å²) in [4.78, 5) is 0. The smallest absolute Gasteiger partial charge is 0.0406 e. The summed E-state index contributed by atoms with van der Waals surface area (Å²) in [6.45, 7) is 2.16. The number of benzene rings is 1. The molecule has 0 aliphatic carbocycles. The Morgan fingerprint density at radius 1 is 1.36 bits per heavy atom. The molecule has 0 spiro atoms. The highest BCUT2D eigenvalue weighted by Gasteiger charge is 2.05. The van der Waals surface area contributed by atoms with Crippen molar-refractivity contribution in [3.8, 4) is 0 Å². The number of hydrogen-bond donors (Lipinski definition) is 2. The molecule has 1 aromatic carbocycles. The van der Waals surface area contributed by atoms with Crippen LogP contribution in [0.2, 0.25) is 5.02 Å². The fourth-order valence-electron chi connectivity index (χ4n) is 1.50. The van der Waals surface area contributed by atoms with Crippen LogP contribution in [0.15, 0.2) is 24.3 Å². The number of halogens is 1. The topological polar surface area (TPSA) is 38.0 Å². The summed E-state index contributed by atoms with van der Waals surface area (Å²) in [5, 5.41) is 0.779. The molecule has 2 nitrogen and oxygen atoms in total. The maximum absolute atomic E-state index is 5.80. The Kier molecular flexibility index (Phi) is 4.94. The minimum absolute atomic E-state index is 0.362. The highest BCUT2D eigenvalue weighted by molar-refractivity contribution is 6.30. The molecule has 0 heterocycles. The fraction of sp³-hybridized carbons (Fsp3) is 0.455. The van der Waals surface area contributed by atoms with Gasteiger partial charge in [-0.2, -0.15) is 0 Å². The maximum atomic E-state index is 5.80. The number of nitrogens with two attached hydrogens (primary N) is 1. The highest BCUT2D eigenvalue weighted by Crippen LogP contribution is 2.12. The van der Waals surface area contributed by atoms with E-state index >= 15 is 0 Å². The van der Waals surface area contributed by atoms with Crippen LogP contribution in [0.1, 0.15) is 25.3 Å². The van der Waals surface area contributed by atoms with Crippen molar-refractivity contribution < 1.29 is 0 Å². The van der Waals surface area contributed by atoms with Crippen LogP contribution in [0.4, 0.5) is 0 Å². The van der Waals surface area contributed by atoms with Gasteiger partial charge in [0.2, 0.25) is 0 Å². The molecule has 0 saturated heterocycles. The lowest BCUT2D eigenvalue weighted by Gasteiger charge is -2.14. The summed E-state index contributed by atoms with van der Waals surface area (Å²) < 4.78 is 0. The van der Waals surface area contributed by atoms with Crippen LogP contribution in [0.25, 0.3) is 0 Å². The molecule has 0 aromatic heterocycles. The predicted molar refractivity (Wildman–Crippen MR) is 61.2 cm³/mol. The molecule has 0 saturated carbocycles. The molecule has 3 N–H and O–H groups in total. The Bertz CT molecular complexity index is 258. The first-order chi connectivity index (χ1) is 6.76. The van der Waals surface area contributed by atoms with Crippen LogP contribution in [0.5, 0.6) is 0 Å². The van der Waals surface area contributed by atoms with Crippen molar-refractivity contribution in [3.63, 3.8) is 0 Å². The van der Waals surface area contributed by atoms with Crippen LogP contribution in [0, 0.1) is 0 Å². The number of hydrogen-bond acceptors (Lipinski definition) is 2. The second kappa shape index (κ2) is 6.02. The first-order valence-corrected chi connectivity index (χ1v) is 5.34. The number of hydrazine groups is 1. The van der Waals surface area contributed by atoms with Crippen LogP contribution in [-0.4, -0.2) is 6.04 Å². The van der Waals surface area contributed by atoms with E-state index in [0.717, 1.165) is 24.3 Å². The molecule has 0 bridgehead atoms. The van der Waals surface area contributed by atoms with E-state index in [4.69, 9.17) is 17.4 Å². The first-order valence-electron chi connectivity index (χ1n) is 4.96. The Labute approximate surface area is 90.4 Å². The van der Waals surface area contributed by atoms with Gasteiger partial charge >= 0.3 is 0 Å². The van der Waals surface area contributed by atoms with Gasteiger partial charge in [-0.1, -0.05) is 37.1 Å². The van der Waals surface area contributed by atoms with Gasteiger partial charge < -0.3 is 0 Å². The Balaban J connectivity index is 2.53. The Hall–Kier alpha value is -0.570. The van der Waals surface area contributed by atoms with E-state index in [1.165, 1.54) is 5.56 Å². The average molecular weight is 213 g/mol. The van der Waals surface area contributed by atoms with Gasteiger partial charge in [0.1, 0.15) is 0 Å². The lowest BCUT2D eigenvalue weighted by Crippen LogP contribution is -2.36. The van der Waals surface area contributed by atoms with Gasteiger partial charge in [0.05, 0.1) is 0 Å². The SMILES string of the molecule is CCCC(Cc1ccc(Cl)cc1)NN. The van der Waals surface area contributed by atoms with Crippen molar-refractivity contribution in [2.45, 2.75) is 32.2 Å². The van der Waals surface area contributed by atoms with E-state index in [1.807, 2.05) is 24.3 Å². The van der Waals surface area contributed by atoms with E-state index in [-0.39, 0.29) is 0 Å². The largest absolute Gasteiger partial charge is 0.271 e. The standard InChI is InChI=1S/C11H17ClN2/c1-2-3-11(14-13)8-9-4-6-10(12)7-5-9/h4-7,11,14H,2-3,8,13H2,1H3. The van der Waals surface area contributed by atoms with Gasteiger partial charge in [-0.15, -0.1) is 0 Å².